The van der Waals surface area contributed by atoms with Crippen molar-refractivity contribution < 1.29 is 9.90 Å². The van der Waals surface area contributed by atoms with Gasteiger partial charge in [0.05, 0.1) is 6.10 Å². The zero-order valence-corrected chi connectivity index (χ0v) is 17.4. The number of nitrogens with two attached hydrogens (primary N) is 1. The standard InChI is InChI=1S/C23H38N2O2/c1-4-7-18(8-5-2)22(26)12-14-25-13-11-21(17(3)16-25)19-9-6-10-20(15-19)23(24)27/h6,9-10,15,17-18,21-22,26H,4-5,7-8,11-14,16H2,1-3H3,(H2,24,27)/t17-,21?,22?/m0/s1. The zero-order valence-electron chi connectivity index (χ0n) is 17.4. The molecule has 0 aromatic heterocycles. The van der Waals surface area contributed by atoms with Crippen LogP contribution in [0.4, 0.5) is 0 Å². The Morgan fingerprint density at radius 2 is 1.96 bits per heavy atom. The monoisotopic (exact) mass is 374 g/mol. The highest BCUT2D eigenvalue weighted by molar-refractivity contribution is 5.92. The third-order valence-electron chi connectivity index (χ3n) is 6.19. The fourth-order valence-corrected chi connectivity index (χ4v) is 4.67. The molecule has 152 valence electrons. The molecule has 1 saturated heterocycles. The van der Waals surface area contributed by atoms with Crippen LogP contribution in [0.1, 0.15) is 81.1 Å². The van der Waals surface area contributed by atoms with Gasteiger partial charge in [-0.15, -0.1) is 0 Å². The number of aliphatic hydroxyl groups excluding tert-OH is 1. The minimum atomic E-state index is -0.357. The van der Waals surface area contributed by atoms with Gasteiger partial charge < -0.3 is 15.7 Å². The number of piperidine rings is 1. The average Bonchev–Trinajstić information content (AvgIpc) is 2.66. The summed E-state index contributed by atoms with van der Waals surface area (Å²) in [5, 5.41) is 10.6. The van der Waals surface area contributed by atoms with Gasteiger partial charge in [0.1, 0.15) is 0 Å². The van der Waals surface area contributed by atoms with Crippen molar-refractivity contribution in [3.8, 4) is 0 Å². The minimum Gasteiger partial charge on any atom is -0.393 e. The summed E-state index contributed by atoms with van der Waals surface area (Å²) in [6, 6.07) is 7.80. The maximum Gasteiger partial charge on any atom is 0.248 e. The van der Waals surface area contributed by atoms with E-state index in [0.29, 0.717) is 23.3 Å². The fraction of sp³-hybridized carbons (Fsp3) is 0.696. The molecule has 0 saturated carbocycles. The first-order chi connectivity index (χ1) is 13.0. The lowest BCUT2D eigenvalue weighted by Crippen LogP contribution is -2.40. The van der Waals surface area contributed by atoms with Crippen LogP contribution in [0.3, 0.4) is 0 Å². The molecule has 2 rings (SSSR count). The molecule has 27 heavy (non-hydrogen) atoms. The summed E-state index contributed by atoms with van der Waals surface area (Å²) in [5.74, 6) is 1.09. The third-order valence-corrected chi connectivity index (χ3v) is 6.19. The van der Waals surface area contributed by atoms with E-state index in [2.05, 4.69) is 31.7 Å². The predicted octanol–water partition coefficient (Wildman–Crippen LogP) is 4.18. The molecule has 1 fully saturated rings. The molecule has 0 spiro atoms. The van der Waals surface area contributed by atoms with Gasteiger partial charge >= 0.3 is 0 Å². The Labute approximate surface area is 165 Å². The molecule has 3 N–H and O–H groups in total. The van der Waals surface area contributed by atoms with Crippen molar-refractivity contribution in [1.29, 1.82) is 0 Å². The SMILES string of the molecule is CCCC(CCC)C(O)CCN1CCC(c2cccc(C(N)=O)c2)[C@@H](C)C1. The van der Waals surface area contributed by atoms with Gasteiger partial charge in [0.15, 0.2) is 0 Å². The van der Waals surface area contributed by atoms with Gasteiger partial charge in [-0.3, -0.25) is 4.79 Å². The van der Waals surface area contributed by atoms with Crippen LogP contribution in [0.5, 0.6) is 0 Å². The summed E-state index contributed by atoms with van der Waals surface area (Å²) in [6.45, 7) is 9.77. The lowest BCUT2D eigenvalue weighted by atomic mass is 9.81. The molecule has 1 amide bonds. The molecule has 0 bridgehead atoms. The number of hydrogen-bond acceptors (Lipinski definition) is 3. The maximum atomic E-state index is 11.5. The third kappa shape index (κ3) is 6.32. The van der Waals surface area contributed by atoms with Gasteiger partial charge in [0.2, 0.25) is 5.91 Å². The van der Waals surface area contributed by atoms with E-state index in [0.717, 1.165) is 58.2 Å². The Balaban J connectivity index is 1.87. The highest BCUT2D eigenvalue weighted by Gasteiger charge is 2.28. The molecular formula is C23H38N2O2. The number of primary amides is 1. The van der Waals surface area contributed by atoms with E-state index in [-0.39, 0.29) is 12.0 Å². The Kier molecular flexibility index (Phi) is 8.78. The van der Waals surface area contributed by atoms with Crippen LogP contribution < -0.4 is 5.73 Å². The van der Waals surface area contributed by atoms with Gasteiger partial charge in [-0.2, -0.15) is 0 Å². The Morgan fingerprint density at radius 1 is 1.26 bits per heavy atom. The zero-order chi connectivity index (χ0) is 19.8. The average molecular weight is 375 g/mol. The maximum absolute atomic E-state index is 11.5. The van der Waals surface area contributed by atoms with Gasteiger partial charge in [0, 0.05) is 18.7 Å². The van der Waals surface area contributed by atoms with Crippen molar-refractivity contribution in [2.45, 2.75) is 71.3 Å². The first kappa shape index (κ1) is 21.9. The molecule has 3 atom stereocenters. The van der Waals surface area contributed by atoms with E-state index < -0.39 is 0 Å². The van der Waals surface area contributed by atoms with Crippen LogP contribution in [-0.2, 0) is 0 Å². The summed E-state index contributed by atoms with van der Waals surface area (Å²) < 4.78 is 0. The van der Waals surface area contributed by atoms with E-state index in [1.165, 1.54) is 5.56 Å². The molecule has 4 nitrogen and oxygen atoms in total. The lowest BCUT2D eigenvalue weighted by Gasteiger charge is -2.38. The predicted molar refractivity (Wildman–Crippen MR) is 112 cm³/mol. The van der Waals surface area contributed by atoms with Gasteiger partial charge in [-0.05, 0) is 67.7 Å². The van der Waals surface area contributed by atoms with E-state index in [1.54, 1.807) is 6.07 Å². The quantitative estimate of drug-likeness (QED) is 0.646. The van der Waals surface area contributed by atoms with Gasteiger partial charge in [0.25, 0.3) is 0 Å². The number of rotatable bonds is 10. The van der Waals surface area contributed by atoms with Crippen LogP contribution in [0, 0.1) is 11.8 Å². The van der Waals surface area contributed by atoms with Gasteiger partial charge in [-0.25, -0.2) is 0 Å². The normalized spacial score (nSPS) is 22.1. The number of carbonyl (C=O) groups excluding carboxylic acids is 1. The van der Waals surface area contributed by atoms with E-state index in [9.17, 15) is 9.90 Å². The minimum absolute atomic E-state index is 0.176. The summed E-state index contributed by atoms with van der Waals surface area (Å²) in [5.41, 5.74) is 7.26. The number of carbonyl (C=O) groups is 1. The molecule has 1 aromatic carbocycles. The smallest absolute Gasteiger partial charge is 0.248 e. The lowest BCUT2D eigenvalue weighted by molar-refractivity contribution is 0.0660. The highest BCUT2D eigenvalue weighted by atomic mass is 16.3. The van der Waals surface area contributed by atoms with E-state index in [1.807, 2.05) is 12.1 Å². The second-order valence-corrected chi connectivity index (χ2v) is 8.36. The van der Waals surface area contributed by atoms with Crippen molar-refractivity contribution in [1.82, 2.24) is 4.90 Å². The van der Waals surface area contributed by atoms with Crippen molar-refractivity contribution in [3.05, 3.63) is 35.4 Å². The molecule has 4 heteroatoms. The Hall–Kier alpha value is -1.39. The summed E-state index contributed by atoms with van der Waals surface area (Å²) in [4.78, 5) is 14.0. The first-order valence-corrected chi connectivity index (χ1v) is 10.8. The molecule has 0 radical (unpaired) electrons. The summed E-state index contributed by atoms with van der Waals surface area (Å²) in [7, 11) is 0. The molecule has 2 unspecified atom stereocenters. The summed E-state index contributed by atoms with van der Waals surface area (Å²) in [6.07, 6.45) is 6.34. The van der Waals surface area contributed by atoms with Crippen molar-refractivity contribution in [3.63, 3.8) is 0 Å². The Morgan fingerprint density at radius 3 is 2.56 bits per heavy atom. The molecule has 1 aromatic rings. The molecule has 0 aliphatic carbocycles. The fourth-order valence-electron chi connectivity index (χ4n) is 4.67. The van der Waals surface area contributed by atoms with Crippen LogP contribution in [0.15, 0.2) is 24.3 Å². The number of benzene rings is 1. The van der Waals surface area contributed by atoms with E-state index in [4.69, 9.17) is 5.73 Å². The molecule has 1 heterocycles. The van der Waals surface area contributed by atoms with Crippen LogP contribution >= 0.6 is 0 Å². The number of likely N-dealkylation sites (tertiary alicyclic amines) is 1. The van der Waals surface area contributed by atoms with Crippen LogP contribution in [0.2, 0.25) is 0 Å². The van der Waals surface area contributed by atoms with E-state index >= 15 is 0 Å². The van der Waals surface area contributed by atoms with Gasteiger partial charge in [-0.1, -0.05) is 45.7 Å². The van der Waals surface area contributed by atoms with Crippen LogP contribution in [0.25, 0.3) is 0 Å². The number of amides is 1. The number of hydrogen-bond donors (Lipinski definition) is 2. The van der Waals surface area contributed by atoms with Crippen molar-refractivity contribution >= 4 is 5.91 Å². The molecular weight excluding hydrogens is 336 g/mol. The second-order valence-electron chi connectivity index (χ2n) is 8.36. The highest BCUT2D eigenvalue weighted by Crippen LogP contribution is 2.33. The first-order valence-electron chi connectivity index (χ1n) is 10.8. The molecule has 1 aliphatic heterocycles. The Bertz CT molecular complexity index is 583. The molecule has 1 aliphatic rings. The number of aliphatic hydroxyl groups is 1. The second kappa shape index (κ2) is 10.8. The largest absolute Gasteiger partial charge is 0.393 e. The summed E-state index contributed by atoms with van der Waals surface area (Å²) >= 11 is 0. The topological polar surface area (TPSA) is 66.6 Å². The van der Waals surface area contributed by atoms with Crippen molar-refractivity contribution in [2.24, 2.45) is 17.6 Å². The van der Waals surface area contributed by atoms with Crippen molar-refractivity contribution in [2.75, 3.05) is 19.6 Å². The number of nitrogens with zero attached hydrogens (tertiary/aromatic N) is 1. The van der Waals surface area contributed by atoms with Crippen LogP contribution in [-0.4, -0.2) is 41.7 Å².